The van der Waals surface area contributed by atoms with Crippen molar-refractivity contribution in [3.05, 3.63) is 23.8 Å². The molecule has 0 aromatic heterocycles. The summed E-state index contributed by atoms with van der Waals surface area (Å²) < 4.78 is 5.34. The van der Waals surface area contributed by atoms with E-state index >= 15 is 0 Å². The van der Waals surface area contributed by atoms with Crippen LogP contribution in [0.3, 0.4) is 0 Å². The Morgan fingerprint density at radius 2 is 2.12 bits per heavy atom. The molecule has 0 bridgehead atoms. The summed E-state index contributed by atoms with van der Waals surface area (Å²) in [7, 11) is 0. The molecule has 0 aliphatic carbocycles. The number of nitrogens with one attached hydrogen (secondary N) is 2. The van der Waals surface area contributed by atoms with E-state index in [1.54, 1.807) is 18.2 Å². The maximum absolute atomic E-state index is 12.5. The summed E-state index contributed by atoms with van der Waals surface area (Å²) in [6.07, 6.45) is 6.27. The van der Waals surface area contributed by atoms with Crippen LogP contribution in [0, 0.1) is 5.92 Å². The van der Waals surface area contributed by atoms with Crippen molar-refractivity contribution in [3.63, 3.8) is 0 Å². The van der Waals surface area contributed by atoms with Crippen molar-refractivity contribution in [2.45, 2.75) is 38.1 Å². The Balaban J connectivity index is 1.39. The van der Waals surface area contributed by atoms with E-state index in [9.17, 15) is 9.59 Å². The van der Waals surface area contributed by atoms with E-state index in [1.807, 2.05) is 0 Å². The lowest BCUT2D eigenvalue weighted by Gasteiger charge is -2.44. The molecule has 1 aromatic rings. The summed E-state index contributed by atoms with van der Waals surface area (Å²) in [6.45, 7) is 3.16. The van der Waals surface area contributed by atoms with Crippen molar-refractivity contribution in [1.29, 1.82) is 0 Å². The molecule has 2 N–H and O–H groups in total. The van der Waals surface area contributed by atoms with Crippen LogP contribution in [-0.4, -0.2) is 49.0 Å². The van der Waals surface area contributed by atoms with Gasteiger partial charge in [0.05, 0.1) is 5.69 Å². The minimum atomic E-state index is -0.190. The molecule has 4 rings (SSSR count). The molecule has 3 aliphatic rings. The van der Waals surface area contributed by atoms with Gasteiger partial charge in [0.25, 0.3) is 11.8 Å². The van der Waals surface area contributed by atoms with E-state index < -0.39 is 0 Å². The van der Waals surface area contributed by atoms with Crippen LogP contribution in [0.15, 0.2) is 18.2 Å². The number of nitrogens with zero attached hydrogens (tertiary/aromatic N) is 1. The molecule has 6 heteroatoms. The van der Waals surface area contributed by atoms with Gasteiger partial charge in [-0.3, -0.25) is 9.59 Å². The molecule has 0 unspecified atom stereocenters. The zero-order valence-corrected chi connectivity index (χ0v) is 14.4. The Morgan fingerprint density at radius 3 is 3.04 bits per heavy atom. The van der Waals surface area contributed by atoms with Crippen molar-refractivity contribution >= 4 is 17.5 Å². The standard InChI is InChI=1S/C19H25N3O3/c23-18-12-25-17-7-6-13(10-15(17)21-18)19(24)20-11-14-4-3-9-22-8-2-1-5-16(14)22/h6-7,10,14,16H,1-5,8-9,11-12H2,(H,20,24)(H,21,23)/t14-,16-/m1/s1. The number of hydrogen-bond donors (Lipinski definition) is 2. The van der Waals surface area contributed by atoms with E-state index in [0.29, 0.717) is 29.0 Å². The molecule has 1 aromatic carbocycles. The van der Waals surface area contributed by atoms with Gasteiger partial charge in [-0.25, -0.2) is 0 Å². The molecule has 3 aliphatic heterocycles. The molecule has 0 saturated carbocycles. The van der Waals surface area contributed by atoms with Gasteiger partial charge in [0.15, 0.2) is 6.61 Å². The fourth-order valence-electron chi connectivity index (χ4n) is 4.37. The van der Waals surface area contributed by atoms with Crippen LogP contribution >= 0.6 is 0 Å². The summed E-state index contributed by atoms with van der Waals surface area (Å²) in [6, 6.07) is 5.81. The fourth-order valence-corrected chi connectivity index (χ4v) is 4.37. The molecular weight excluding hydrogens is 318 g/mol. The fraction of sp³-hybridized carbons (Fsp3) is 0.579. The van der Waals surface area contributed by atoms with Crippen LogP contribution in [0.25, 0.3) is 0 Å². The first kappa shape index (κ1) is 16.4. The van der Waals surface area contributed by atoms with Gasteiger partial charge >= 0.3 is 0 Å². The van der Waals surface area contributed by atoms with E-state index in [-0.39, 0.29) is 18.4 Å². The van der Waals surface area contributed by atoms with E-state index in [0.717, 1.165) is 6.54 Å². The summed E-state index contributed by atoms with van der Waals surface area (Å²) in [4.78, 5) is 26.6. The quantitative estimate of drug-likeness (QED) is 0.881. The van der Waals surface area contributed by atoms with Gasteiger partial charge in [-0.05, 0) is 62.9 Å². The highest BCUT2D eigenvalue weighted by atomic mass is 16.5. The number of anilines is 1. The maximum Gasteiger partial charge on any atom is 0.262 e. The average molecular weight is 343 g/mol. The Labute approximate surface area is 147 Å². The minimum absolute atomic E-state index is 0.0259. The number of benzene rings is 1. The van der Waals surface area contributed by atoms with Gasteiger partial charge < -0.3 is 20.3 Å². The number of ether oxygens (including phenoxy) is 1. The van der Waals surface area contributed by atoms with Crippen molar-refractivity contribution in [2.24, 2.45) is 5.92 Å². The lowest BCUT2D eigenvalue weighted by atomic mass is 9.83. The molecular formula is C19H25N3O3. The molecule has 0 spiro atoms. The second-order valence-electron chi connectivity index (χ2n) is 7.26. The Kier molecular flexibility index (Phi) is 4.61. The van der Waals surface area contributed by atoms with E-state index in [4.69, 9.17) is 4.74 Å². The topological polar surface area (TPSA) is 70.7 Å². The Bertz CT molecular complexity index is 674. The number of rotatable bonds is 3. The average Bonchev–Trinajstić information content (AvgIpc) is 2.65. The third-order valence-corrected chi connectivity index (χ3v) is 5.63. The molecule has 2 atom stereocenters. The number of hydrogen-bond acceptors (Lipinski definition) is 4. The van der Waals surface area contributed by atoms with Gasteiger partial charge in [0.2, 0.25) is 0 Å². The van der Waals surface area contributed by atoms with Crippen molar-refractivity contribution in [1.82, 2.24) is 10.2 Å². The van der Waals surface area contributed by atoms with Crippen LogP contribution in [0.4, 0.5) is 5.69 Å². The van der Waals surface area contributed by atoms with Crippen molar-refractivity contribution in [2.75, 3.05) is 31.6 Å². The van der Waals surface area contributed by atoms with Crippen molar-refractivity contribution in [3.8, 4) is 5.75 Å². The molecule has 3 heterocycles. The monoisotopic (exact) mass is 343 g/mol. The molecule has 2 amide bonds. The minimum Gasteiger partial charge on any atom is -0.482 e. The van der Waals surface area contributed by atoms with Gasteiger partial charge in [-0.1, -0.05) is 6.42 Å². The van der Waals surface area contributed by atoms with Gasteiger partial charge in [-0.15, -0.1) is 0 Å². The number of carbonyl (C=O) groups is 2. The van der Waals surface area contributed by atoms with E-state index in [1.165, 1.54) is 45.2 Å². The second kappa shape index (κ2) is 7.04. The number of fused-ring (bicyclic) bond motifs is 2. The summed E-state index contributed by atoms with van der Waals surface area (Å²) in [5.41, 5.74) is 1.13. The van der Waals surface area contributed by atoms with Crippen LogP contribution in [0.1, 0.15) is 42.5 Å². The first-order valence-electron chi connectivity index (χ1n) is 9.29. The first-order chi connectivity index (χ1) is 12.2. The first-order valence-corrected chi connectivity index (χ1v) is 9.29. The molecule has 25 heavy (non-hydrogen) atoms. The zero-order chi connectivity index (χ0) is 17.2. The molecule has 6 nitrogen and oxygen atoms in total. The molecule has 134 valence electrons. The smallest absolute Gasteiger partial charge is 0.262 e. The van der Waals surface area contributed by atoms with E-state index in [2.05, 4.69) is 15.5 Å². The Hall–Kier alpha value is -2.08. The lowest BCUT2D eigenvalue weighted by molar-refractivity contribution is -0.118. The van der Waals surface area contributed by atoms with Crippen LogP contribution in [0.2, 0.25) is 0 Å². The van der Waals surface area contributed by atoms with Gasteiger partial charge in [0.1, 0.15) is 5.75 Å². The van der Waals surface area contributed by atoms with Gasteiger partial charge in [0, 0.05) is 18.2 Å². The third kappa shape index (κ3) is 3.49. The van der Waals surface area contributed by atoms with Crippen LogP contribution in [0.5, 0.6) is 5.75 Å². The highest BCUT2D eigenvalue weighted by Crippen LogP contribution is 2.31. The summed E-state index contributed by atoms with van der Waals surface area (Å²) in [5.74, 6) is 0.875. The normalized spacial score (nSPS) is 26.0. The largest absolute Gasteiger partial charge is 0.482 e. The highest BCUT2D eigenvalue weighted by molar-refractivity contribution is 5.99. The van der Waals surface area contributed by atoms with Gasteiger partial charge in [-0.2, -0.15) is 0 Å². The van der Waals surface area contributed by atoms with Crippen LogP contribution in [-0.2, 0) is 4.79 Å². The zero-order valence-electron chi connectivity index (χ0n) is 14.4. The van der Waals surface area contributed by atoms with Crippen LogP contribution < -0.4 is 15.4 Å². The Morgan fingerprint density at radius 1 is 1.24 bits per heavy atom. The lowest BCUT2D eigenvalue weighted by Crippen LogP contribution is -2.51. The second-order valence-corrected chi connectivity index (χ2v) is 7.26. The van der Waals surface area contributed by atoms with Crippen molar-refractivity contribution < 1.29 is 14.3 Å². The maximum atomic E-state index is 12.5. The predicted octanol–water partition coefficient (Wildman–Crippen LogP) is 2.01. The number of piperidine rings is 2. The molecule has 0 radical (unpaired) electrons. The highest BCUT2D eigenvalue weighted by Gasteiger charge is 2.33. The summed E-state index contributed by atoms with van der Waals surface area (Å²) >= 11 is 0. The molecule has 2 fully saturated rings. The summed E-state index contributed by atoms with van der Waals surface area (Å²) in [5, 5.41) is 5.85. The SMILES string of the molecule is O=C1COc2ccc(C(=O)NC[C@H]3CCCN4CCCC[C@H]34)cc2N1. The third-order valence-electron chi connectivity index (χ3n) is 5.63. The predicted molar refractivity (Wildman–Crippen MR) is 94.8 cm³/mol. The number of carbonyl (C=O) groups excluding carboxylic acids is 2. The number of amides is 2. The molecule has 2 saturated heterocycles.